The fraction of sp³-hybridized carbons (Fsp3) is 0.500. The summed E-state index contributed by atoms with van der Waals surface area (Å²) in [7, 11) is 2.09. The van der Waals surface area contributed by atoms with Crippen molar-refractivity contribution in [3.8, 4) is 0 Å². The Labute approximate surface area is 124 Å². The van der Waals surface area contributed by atoms with Crippen LogP contribution in [0, 0.1) is 0 Å². The Balaban J connectivity index is 1.76. The van der Waals surface area contributed by atoms with E-state index in [1.54, 1.807) is 0 Å². The second kappa shape index (κ2) is 7.83. The van der Waals surface area contributed by atoms with Gasteiger partial charge < -0.3 is 5.32 Å². The fourth-order valence-electron chi connectivity index (χ4n) is 2.29. The average molecular weight is 294 g/mol. The summed E-state index contributed by atoms with van der Waals surface area (Å²) in [4.78, 5) is 4.54. The number of nitrogens with one attached hydrogen (secondary N) is 1. The predicted molar refractivity (Wildman–Crippen MR) is 87.5 cm³/mol. The van der Waals surface area contributed by atoms with E-state index in [9.17, 15) is 0 Å². The van der Waals surface area contributed by atoms with Crippen molar-refractivity contribution in [2.75, 3.05) is 7.05 Å². The van der Waals surface area contributed by atoms with Crippen molar-refractivity contribution in [3.63, 3.8) is 0 Å². The molecule has 0 amide bonds. The quantitative estimate of drug-likeness (QED) is 0.754. The highest BCUT2D eigenvalue weighted by Gasteiger charge is 2.09. The minimum Gasteiger partial charge on any atom is -0.317 e. The van der Waals surface area contributed by atoms with Crippen LogP contribution in [0.2, 0.25) is 0 Å². The highest BCUT2D eigenvalue weighted by atomic mass is 32.1. The van der Waals surface area contributed by atoms with Crippen molar-refractivity contribution in [3.05, 3.63) is 44.3 Å². The number of hydrogen-bond donors (Lipinski definition) is 1. The molecule has 0 aromatic carbocycles. The first-order chi connectivity index (χ1) is 9.31. The lowest BCUT2D eigenvalue weighted by molar-refractivity contribution is 0.506. The minimum atomic E-state index is 0.614. The third kappa shape index (κ3) is 4.75. The van der Waals surface area contributed by atoms with Crippen LogP contribution in [0.3, 0.4) is 0 Å². The second-order valence-corrected chi connectivity index (χ2v) is 7.17. The fourth-order valence-corrected chi connectivity index (χ4v) is 4.08. The Morgan fingerprint density at radius 2 is 2.00 bits per heavy atom. The Hall–Kier alpha value is -0.640. The van der Waals surface area contributed by atoms with Gasteiger partial charge in [0.2, 0.25) is 0 Å². The van der Waals surface area contributed by atoms with E-state index in [4.69, 9.17) is 0 Å². The molecule has 0 saturated heterocycles. The number of rotatable bonds is 8. The first-order valence-corrected chi connectivity index (χ1v) is 8.78. The van der Waals surface area contributed by atoms with Crippen LogP contribution in [0.25, 0.3) is 0 Å². The molecule has 0 aliphatic rings. The zero-order valence-electron chi connectivity index (χ0n) is 11.8. The maximum absolute atomic E-state index is 3.47. The summed E-state index contributed by atoms with van der Waals surface area (Å²) in [5.41, 5.74) is 0. The molecule has 0 aliphatic carbocycles. The molecule has 0 fully saturated rings. The average Bonchev–Trinajstić information content (AvgIpc) is 3.08. The molecule has 2 aromatic rings. The molecular weight excluding hydrogens is 270 g/mol. The highest BCUT2D eigenvalue weighted by Crippen LogP contribution is 2.20. The molecule has 0 aliphatic heterocycles. The molecule has 19 heavy (non-hydrogen) atoms. The third-order valence-corrected chi connectivity index (χ3v) is 5.67. The minimum absolute atomic E-state index is 0.614. The topological polar surface area (TPSA) is 12.0 Å². The Kier molecular flexibility index (Phi) is 6.08. The molecule has 0 bridgehead atoms. The Bertz CT molecular complexity index is 459. The lowest BCUT2D eigenvalue weighted by Crippen LogP contribution is -2.27. The van der Waals surface area contributed by atoms with Gasteiger partial charge in [-0.15, -0.1) is 22.7 Å². The summed E-state index contributed by atoms with van der Waals surface area (Å²) in [5.74, 6) is 0. The smallest absolute Gasteiger partial charge is 0.0112 e. The van der Waals surface area contributed by atoms with Gasteiger partial charge in [0, 0.05) is 20.7 Å². The van der Waals surface area contributed by atoms with Gasteiger partial charge >= 0.3 is 0 Å². The summed E-state index contributed by atoms with van der Waals surface area (Å²) >= 11 is 3.84. The maximum atomic E-state index is 3.47. The van der Waals surface area contributed by atoms with Gasteiger partial charge in [0.05, 0.1) is 0 Å². The SMILES string of the molecule is CCc1ccc(CC(CCCc2cccs2)NC)s1. The van der Waals surface area contributed by atoms with Crippen LogP contribution in [0.5, 0.6) is 0 Å². The number of likely N-dealkylation sites (N-methyl/N-ethyl adjacent to an activating group) is 1. The molecule has 2 rings (SSSR count). The summed E-state index contributed by atoms with van der Waals surface area (Å²) in [6.45, 7) is 2.23. The monoisotopic (exact) mass is 293 g/mol. The van der Waals surface area contributed by atoms with Crippen LogP contribution in [0.4, 0.5) is 0 Å². The number of hydrogen-bond acceptors (Lipinski definition) is 3. The normalized spacial score (nSPS) is 12.7. The molecule has 1 N–H and O–H groups in total. The van der Waals surface area contributed by atoms with Crippen LogP contribution in [0.15, 0.2) is 29.6 Å². The maximum Gasteiger partial charge on any atom is 0.0112 e. The van der Waals surface area contributed by atoms with Gasteiger partial charge in [0.1, 0.15) is 0 Å². The summed E-state index contributed by atoms with van der Waals surface area (Å²) in [6.07, 6.45) is 6.09. The first kappa shape index (κ1) is 14.8. The van der Waals surface area contributed by atoms with Crippen LogP contribution in [-0.4, -0.2) is 13.1 Å². The van der Waals surface area contributed by atoms with Crippen LogP contribution in [-0.2, 0) is 19.3 Å². The molecule has 2 heterocycles. The van der Waals surface area contributed by atoms with E-state index in [1.165, 1.54) is 40.3 Å². The lowest BCUT2D eigenvalue weighted by atomic mass is 10.1. The Morgan fingerprint density at radius 3 is 2.63 bits per heavy atom. The van der Waals surface area contributed by atoms with Gasteiger partial charge in [-0.1, -0.05) is 13.0 Å². The number of thiophene rings is 2. The van der Waals surface area contributed by atoms with Crippen molar-refractivity contribution in [2.45, 2.75) is 45.1 Å². The van der Waals surface area contributed by atoms with Gasteiger partial charge in [-0.3, -0.25) is 0 Å². The van der Waals surface area contributed by atoms with Crippen LogP contribution in [0.1, 0.15) is 34.4 Å². The molecule has 0 saturated carbocycles. The summed E-state index contributed by atoms with van der Waals surface area (Å²) < 4.78 is 0. The van der Waals surface area contributed by atoms with E-state index < -0.39 is 0 Å². The molecule has 104 valence electrons. The molecule has 1 nitrogen and oxygen atoms in total. The van der Waals surface area contributed by atoms with Gasteiger partial charge in [0.15, 0.2) is 0 Å². The van der Waals surface area contributed by atoms with Crippen molar-refractivity contribution in [1.82, 2.24) is 5.32 Å². The lowest BCUT2D eigenvalue weighted by Gasteiger charge is -2.14. The van der Waals surface area contributed by atoms with Gasteiger partial charge in [-0.25, -0.2) is 0 Å². The molecule has 3 heteroatoms. The molecule has 0 spiro atoms. The van der Waals surface area contributed by atoms with Gasteiger partial charge in [-0.2, -0.15) is 0 Å². The first-order valence-electron chi connectivity index (χ1n) is 7.09. The molecule has 1 atom stereocenters. The van der Waals surface area contributed by atoms with E-state index in [2.05, 4.69) is 48.9 Å². The largest absolute Gasteiger partial charge is 0.317 e. The third-order valence-electron chi connectivity index (χ3n) is 3.48. The van der Waals surface area contributed by atoms with Gasteiger partial charge in [-0.05, 0) is 62.7 Å². The second-order valence-electron chi connectivity index (χ2n) is 4.88. The van der Waals surface area contributed by atoms with Crippen LogP contribution < -0.4 is 5.32 Å². The van der Waals surface area contributed by atoms with Gasteiger partial charge in [0.25, 0.3) is 0 Å². The van der Waals surface area contributed by atoms with E-state index in [0.29, 0.717) is 6.04 Å². The number of aryl methyl sites for hydroxylation is 2. The predicted octanol–water partition coefficient (Wildman–Crippen LogP) is 4.53. The van der Waals surface area contributed by atoms with Crippen molar-refractivity contribution >= 4 is 22.7 Å². The molecule has 2 aromatic heterocycles. The van der Waals surface area contributed by atoms with Crippen molar-refractivity contribution in [2.24, 2.45) is 0 Å². The van der Waals surface area contributed by atoms with E-state index in [-0.39, 0.29) is 0 Å². The zero-order valence-corrected chi connectivity index (χ0v) is 13.4. The summed E-state index contributed by atoms with van der Waals surface area (Å²) in [5, 5.41) is 5.64. The van der Waals surface area contributed by atoms with Crippen molar-refractivity contribution in [1.29, 1.82) is 0 Å². The van der Waals surface area contributed by atoms with Crippen LogP contribution >= 0.6 is 22.7 Å². The molecule has 1 unspecified atom stereocenters. The highest BCUT2D eigenvalue weighted by molar-refractivity contribution is 7.12. The molecular formula is C16H23NS2. The Morgan fingerprint density at radius 1 is 1.16 bits per heavy atom. The van der Waals surface area contributed by atoms with E-state index in [1.807, 2.05) is 22.7 Å². The van der Waals surface area contributed by atoms with E-state index >= 15 is 0 Å². The standard InChI is InChI=1S/C16H23NS2/c1-3-14-9-10-16(19-14)12-13(17-2)6-4-7-15-8-5-11-18-15/h5,8-11,13,17H,3-4,6-7,12H2,1-2H3. The van der Waals surface area contributed by atoms with E-state index in [0.717, 1.165) is 6.42 Å². The molecule has 0 radical (unpaired) electrons. The zero-order chi connectivity index (χ0) is 13.5. The summed E-state index contributed by atoms with van der Waals surface area (Å²) in [6, 6.07) is 9.58. The van der Waals surface area contributed by atoms with Crippen molar-refractivity contribution < 1.29 is 0 Å².